The first-order chi connectivity index (χ1) is 12.0. The number of methoxy groups -OCH3 is 1. The lowest BCUT2D eigenvalue weighted by Crippen LogP contribution is -2.62. The molecule has 6 heteroatoms. The number of likely N-dealkylation sites (tertiary alicyclic amines) is 1. The normalized spacial score (nSPS) is 26.9. The Bertz CT molecular complexity index is 596. The second kappa shape index (κ2) is 7.74. The van der Waals surface area contributed by atoms with Crippen molar-refractivity contribution in [3.63, 3.8) is 0 Å². The number of benzene rings is 1. The molecule has 2 fully saturated rings. The molecule has 0 unspecified atom stereocenters. The van der Waals surface area contributed by atoms with Crippen LogP contribution in [0.1, 0.15) is 37.8 Å². The molecule has 3 rings (SSSR count). The van der Waals surface area contributed by atoms with Crippen molar-refractivity contribution in [3.8, 4) is 0 Å². The summed E-state index contributed by atoms with van der Waals surface area (Å²) in [5.74, 6) is -0.242. The van der Waals surface area contributed by atoms with E-state index in [0.717, 1.165) is 42.4 Å². The molecule has 0 bridgehead atoms. The zero-order chi connectivity index (χ0) is 18.0. The molecule has 1 saturated heterocycles. The summed E-state index contributed by atoms with van der Waals surface area (Å²) in [6.07, 6.45) is 2.24. The second-order valence-electron chi connectivity index (χ2n) is 6.94. The van der Waals surface area contributed by atoms with Crippen LogP contribution in [0.25, 0.3) is 0 Å². The van der Waals surface area contributed by atoms with Gasteiger partial charge in [0, 0.05) is 36.0 Å². The molecule has 1 aromatic rings. The average molecular weight is 412 g/mol. The summed E-state index contributed by atoms with van der Waals surface area (Å²) in [6.45, 7) is 4.16. The minimum absolute atomic E-state index is 0.138. The maximum Gasteiger partial charge on any atom is 0.327 e. The highest BCUT2D eigenvalue weighted by molar-refractivity contribution is 9.10. The smallest absolute Gasteiger partial charge is 0.327 e. The minimum atomic E-state index is -0.404. The topological polar surface area (TPSA) is 59.0 Å². The number of ether oxygens (including phenoxy) is 2. The van der Waals surface area contributed by atoms with Gasteiger partial charge < -0.3 is 14.6 Å². The molecule has 0 radical (unpaired) electrons. The molecular formula is C19H26BrNO4. The Hall–Kier alpha value is -0.950. The quantitative estimate of drug-likeness (QED) is 0.754. The average Bonchev–Trinajstić information content (AvgIpc) is 2.64. The summed E-state index contributed by atoms with van der Waals surface area (Å²) in [6, 6.07) is 7.39. The fraction of sp³-hybridized carbons (Fsp3) is 0.632. The second-order valence-corrected chi connectivity index (χ2v) is 7.86. The lowest BCUT2D eigenvalue weighted by molar-refractivity contribution is -0.212. The maximum atomic E-state index is 12.4. The van der Waals surface area contributed by atoms with Crippen LogP contribution in [0.4, 0.5) is 0 Å². The predicted molar refractivity (Wildman–Crippen MR) is 98.2 cm³/mol. The van der Waals surface area contributed by atoms with E-state index in [-0.39, 0.29) is 23.6 Å². The monoisotopic (exact) mass is 411 g/mol. The van der Waals surface area contributed by atoms with Gasteiger partial charge in [-0.05, 0) is 37.5 Å². The Morgan fingerprint density at radius 1 is 1.36 bits per heavy atom. The zero-order valence-corrected chi connectivity index (χ0v) is 16.4. The molecule has 0 amide bonds. The van der Waals surface area contributed by atoms with Crippen molar-refractivity contribution in [1.29, 1.82) is 0 Å². The van der Waals surface area contributed by atoms with E-state index in [1.807, 2.05) is 31.2 Å². The standard InChI is InChI=1S/C19H26BrNO4/c1-3-25-16-12-15(22)19(16)8-10-21(11-9-19)17(18(23)24-2)13-4-6-14(20)7-5-13/h4-7,15-17,22H,3,8-12H2,1-2H3/t15-,16-,17+/m1/s1. The molecule has 1 aliphatic carbocycles. The summed E-state index contributed by atoms with van der Waals surface area (Å²) in [4.78, 5) is 14.6. The first-order valence-corrected chi connectivity index (χ1v) is 9.68. The molecule has 2 aliphatic rings. The van der Waals surface area contributed by atoms with Crippen LogP contribution in [-0.4, -0.2) is 55.0 Å². The van der Waals surface area contributed by atoms with Gasteiger partial charge in [-0.2, -0.15) is 0 Å². The molecule has 25 heavy (non-hydrogen) atoms. The fourth-order valence-corrected chi connectivity index (χ4v) is 4.53. The number of rotatable bonds is 5. The van der Waals surface area contributed by atoms with E-state index >= 15 is 0 Å². The predicted octanol–water partition coefficient (Wildman–Crippen LogP) is 2.92. The van der Waals surface area contributed by atoms with Crippen molar-refractivity contribution in [1.82, 2.24) is 4.90 Å². The number of aliphatic hydroxyl groups excluding tert-OH is 1. The van der Waals surface area contributed by atoms with Crippen LogP contribution in [-0.2, 0) is 14.3 Å². The summed E-state index contributed by atoms with van der Waals surface area (Å²) in [5.41, 5.74) is 0.786. The lowest BCUT2D eigenvalue weighted by atomic mass is 9.58. The number of piperidine rings is 1. The van der Waals surface area contributed by atoms with E-state index in [1.54, 1.807) is 0 Å². The van der Waals surface area contributed by atoms with E-state index in [1.165, 1.54) is 7.11 Å². The Kier molecular flexibility index (Phi) is 5.83. The summed E-state index contributed by atoms with van der Waals surface area (Å²) >= 11 is 3.43. The number of nitrogens with zero attached hydrogens (tertiary/aromatic N) is 1. The maximum absolute atomic E-state index is 12.4. The third-order valence-corrected chi connectivity index (χ3v) is 6.34. The fourth-order valence-electron chi connectivity index (χ4n) is 4.27. The minimum Gasteiger partial charge on any atom is -0.468 e. The van der Waals surface area contributed by atoms with E-state index in [4.69, 9.17) is 9.47 Å². The van der Waals surface area contributed by atoms with Crippen molar-refractivity contribution in [2.45, 2.75) is 44.4 Å². The van der Waals surface area contributed by atoms with Gasteiger partial charge in [-0.1, -0.05) is 28.1 Å². The first kappa shape index (κ1) is 18.8. The van der Waals surface area contributed by atoms with Crippen LogP contribution in [0.2, 0.25) is 0 Å². The zero-order valence-electron chi connectivity index (χ0n) is 14.8. The number of aliphatic hydroxyl groups is 1. The highest BCUT2D eigenvalue weighted by Crippen LogP contribution is 2.51. The van der Waals surface area contributed by atoms with Gasteiger partial charge in [0.15, 0.2) is 0 Å². The summed E-state index contributed by atoms with van der Waals surface area (Å²) < 4.78 is 11.9. The Morgan fingerprint density at radius 2 is 2.00 bits per heavy atom. The van der Waals surface area contributed by atoms with E-state index < -0.39 is 6.04 Å². The molecule has 1 saturated carbocycles. The van der Waals surface area contributed by atoms with Crippen molar-refractivity contribution in [2.24, 2.45) is 5.41 Å². The molecule has 1 N–H and O–H groups in total. The van der Waals surface area contributed by atoms with Crippen molar-refractivity contribution < 1.29 is 19.4 Å². The molecule has 3 atom stereocenters. The summed E-state index contributed by atoms with van der Waals surface area (Å²) in [5, 5.41) is 10.4. The largest absolute Gasteiger partial charge is 0.468 e. The van der Waals surface area contributed by atoms with Gasteiger partial charge in [0.1, 0.15) is 6.04 Å². The molecular weight excluding hydrogens is 386 g/mol. The van der Waals surface area contributed by atoms with Crippen LogP contribution in [0.3, 0.4) is 0 Å². The van der Waals surface area contributed by atoms with Crippen LogP contribution in [0, 0.1) is 5.41 Å². The Labute approximate surface area is 157 Å². The molecule has 1 spiro atoms. The van der Waals surface area contributed by atoms with E-state index in [2.05, 4.69) is 20.8 Å². The molecule has 1 heterocycles. The van der Waals surface area contributed by atoms with Crippen LogP contribution >= 0.6 is 15.9 Å². The van der Waals surface area contributed by atoms with E-state index in [0.29, 0.717) is 6.61 Å². The third-order valence-electron chi connectivity index (χ3n) is 5.81. The highest BCUT2D eigenvalue weighted by Gasteiger charge is 2.56. The number of hydrogen-bond donors (Lipinski definition) is 1. The molecule has 0 aromatic heterocycles. The molecule has 138 valence electrons. The molecule has 1 aliphatic heterocycles. The van der Waals surface area contributed by atoms with Gasteiger partial charge in [-0.25, -0.2) is 4.79 Å². The number of hydrogen-bond acceptors (Lipinski definition) is 5. The van der Waals surface area contributed by atoms with Gasteiger partial charge in [0.05, 0.1) is 19.3 Å². The van der Waals surface area contributed by atoms with Gasteiger partial charge in [-0.3, -0.25) is 4.90 Å². The van der Waals surface area contributed by atoms with Gasteiger partial charge in [0.2, 0.25) is 0 Å². The van der Waals surface area contributed by atoms with Crippen LogP contribution in [0.15, 0.2) is 28.7 Å². The molecule has 5 nitrogen and oxygen atoms in total. The number of carbonyl (C=O) groups is 1. The van der Waals surface area contributed by atoms with Crippen molar-refractivity contribution >= 4 is 21.9 Å². The number of esters is 1. The van der Waals surface area contributed by atoms with Crippen molar-refractivity contribution in [3.05, 3.63) is 34.3 Å². The number of carbonyl (C=O) groups excluding carboxylic acids is 1. The Morgan fingerprint density at radius 3 is 2.52 bits per heavy atom. The Balaban J connectivity index is 1.74. The van der Waals surface area contributed by atoms with Crippen molar-refractivity contribution in [2.75, 3.05) is 26.8 Å². The summed E-state index contributed by atoms with van der Waals surface area (Å²) in [7, 11) is 1.43. The lowest BCUT2D eigenvalue weighted by Gasteiger charge is -2.57. The number of halogens is 1. The van der Waals surface area contributed by atoms with E-state index in [9.17, 15) is 9.90 Å². The third kappa shape index (κ3) is 3.50. The van der Waals surface area contributed by atoms with Gasteiger partial charge in [0.25, 0.3) is 0 Å². The van der Waals surface area contributed by atoms with Crippen LogP contribution in [0.5, 0.6) is 0 Å². The molecule has 1 aromatic carbocycles. The first-order valence-electron chi connectivity index (χ1n) is 8.89. The SMILES string of the molecule is CCO[C@@H]1C[C@@H](O)C12CCN([C@H](C(=O)OC)c1ccc(Br)cc1)CC2. The highest BCUT2D eigenvalue weighted by atomic mass is 79.9. The van der Waals surface area contributed by atoms with Gasteiger partial charge in [-0.15, -0.1) is 0 Å². The van der Waals surface area contributed by atoms with Gasteiger partial charge >= 0.3 is 5.97 Å². The van der Waals surface area contributed by atoms with Crippen LogP contribution < -0.4 is 0 Å².